The molecule has 1 aliphatic rings. The lowest BCUT2D eigenvalue weighted by atomic mass is 9.87. The first-order chi connectivity index (χ1) is 6.70. The number of carbonyl (C=O) groups is 1. The van der Waals surface area contributed by atoms with Crippen LogP contribution in [0, 0.1) is 5.92 Å². The lowest BCUT2D eigenvalue weighted by Crippen LogP contribution is -2.32. The highest BCUT2D eigenvalue weighted by Gasteiger charge is 2.19. The lowest BCUT2D eigenvalue weighted by Gasteiger charge is -2.21. The highest BCUT2D eigenvalue weighted by molar-refractivity contribution is 5.73. The summed E-state index contributed by atoms with van der Waals surface area (Å²) in [5.41, 5.74) is 5.54. The third-order valence-electron chi connectivity index (χ3n) is 3.13. The van der Waals surface area contributed by atoms with Crippen LogP contribution in [0.3, 0.4) is 0 Å². The van der Waals surface area contributed by atoms with Gasteiger partial charge in [0.05, 0.1) is 0 Å². The minimum atomic E-state index is -0.855. The summed E-state index contributed by atoms with van der Waals surface area (Å²) in [6.45, 7) is 0. The van der Waals surface area contributed by atoms with Crippen LogP contribution in [-0.4, -0.2) is 17.1 Å². The zero-order valence-corrected chi connectivity index (χ0v) is 8.74. The van der Waals surface area contributed by atoms with E-state index in [1.807, 2.05) is 0 Å². The molecule has 3 nitrogen and oxygen atoms in total. The number of carboxylic acid groups (broad SMARTS) is 1. The van der Waals surface area contributed by atoms with Crippen LogP contribution in [-0.2, 0) is 4.79 Å². The van der Waals surface area contributed by atoms with Gasteiger partial charge in [-0.3, -0.25) is 4.79 Å². The maximum Gasteiger partial charge on any atom is 0.320 e. The number of carboxylic acids is 1. The molecule has 0 heterocycles. The third-order valence-corrected chi connectivity index (χ3v) is 3.13. The number of rotatable bonds is 3. The summed E-state index contributed by atoms with van der Waals surface area (Å²) in [7, 11) is 0. The summed E-state index contributed by atoms with van der Waals surface area (Å²) in [4.78, 5) is 10.6. The van der Waals surface area contributed by atoms with E-state index in [1.165, 1.54) is 44.9 Å². The predicted octanol–water partition coefficient (Wildman–Crippen LogP) is 2.15. The first kappa shape index (κ1) is 11.5. The zero-order valence-electron chi connectivity index (χ0n) is 8.74. The van der Waals surface area contributed by atoms with Crippen molar-refractivity contribution < 1.29 is 9.90 Å². The molecule has 14 heavy (non-hydrogen) atoms. The average molecular weight is 199 g/mol. The summed E-state index contributed by atoms with van der Waals surface area (Å²) in [6.07, 6.45) is 9.45. The second kappa shape index (κ2) is 6.02. The number of nitrogens with two attached hydrogens (primary N) is 1. The van der Waals surface area contributed by atoms with Crippen LogP contribution < -0.4 is 5.73 Å². The maximum absolute atomic E-state index is 10.6. The molecular weight excluding hydrogens is 178 g/mol. The Kier molecular flexibility index (Phi) is 4.94. The van der Waals surface area contributed by atoms with Crippen molar-refractivity contribution in [3.8, 4) is 0 Å². The maximum atomic E-state index is 10.6. The van der Waals surface area contributed by atoms with Gasteiger partial charge in [-0.1, -0.05) is 44.9 Å². The largest absolute Gasteiger partial charge is 0.480 e. The van der Waals surface area contributed by atoms with E-state index in [-0.39, 0.29) is 0 Å². The summed E-state index contributed by atoms with van der Waals surface area (Å²) in [5.74, 6) is -0.312. The van der Waals surface area contributed by atoms with Crippen LogP contribution in [0.2, 0.25) is 0 Å². The molecule has 0 amide bonds. The minimum Gasteiger partial charge on any atom is -0.480 e. The second-order valence-electron chi connectivity index (χ2n) is 4.39. The number of hydrogen-bond donors (Lipinski definition) is 2. The predicted molar refractivity (Wildman–Crippen MR) is 56.0 cm³/mol. The Morgan fingerprint density at radius 1 is 1.21 bits per heavy atom. The molecule has 1 saturated carbocycles. The molecule has 1 rings (SSSR count). The molecule has 0 aliphatic heterocycles. The van der Waals surface area contributed by atoms with E-state index in [1.54, 1.807) is 0 Å². The highest BCUT2D eigenvalue weighted by Crippen LogP contribution is 2.25. The van der Waals surface area contributed by atoms with E-state index in [0.717, 1.165) is 0 Å². The molecule has 1 aliphatic carbocycles. The van der Waals surface area contributed by atoms with Crippen molar-refractivity contribution in [2.24, 2.45) is 11.7 Å². The van der Waals surface area contributed by atoms with Crippen molar-refractivity contribution in [2.45, 2.75) is 57.4 Å². The smallest absolute Gasteiger partial charge is 0.320 e. The van der Waals surface area contributed by atoms with E-state index in [2.05, 4.69) is 0 Å². The van der Waals surface area contributed by atoms with Crippen molar-refractivity contribution in [2.75, 3.05) is 0 Å². The second-order valence-corrected chi connectivity index (χ2v) is 4.39. The molecule has 82 valence electrons. The van der Waals surface area contributed by atoms with E-state index in [0.29, 0.717) is 12.3 Å². The standard InChI is InChI=1S/C11H21NO2/c12-10(11(13)14)8-9-6-4-2-1-3-5-7-9/h9-10H,1-8,12H2,(H,13,14). The Hall–Kier alpha value is -0.570. The molecule has 0 aromatic rings. The van der Waals surface area contributed by atoms with Gasteiger partial charge in [-0.25, -0.2) is 0 Å². The van der Waals surface area contributed by atoms with Gasteiger partial charge in [-0.05, 0) is 12.3 Å². The summed E-state index contributed by atoms with van der Waals surface area (Å²) >= 11 is 0. The average Bonchev–Trinajstić information content (AvgIpc) is 2.08. The quantitative estimate of drug-likeness (QED) is 0.732. The van der Waals surface area contributed by atoms with Gasteiger partial charge in [0.25, 0.3) is 0 Å². The Balaban J connectivity index is 2.29. The molecule has 0 aromatic carbocycles. The van der Waals surface area contributed by atoms with Crippen LogP contribution in [0.15, 0.2) is 0 Å². The van der Waals surface area contributed by atoms with Gasteiger partial charge in [-0.2, -0.15) is 0 Å². The summed E-state index contributed by atoms with van der Waals surface area (Å²) in [5, 5.41) is 8.71. The first-order valence-corrected chi connectivity index (χ1v) is 5.68. The Morgan fingerprint density at radius 2 is 1.71 bits per heavy atom. The molecule has 3 heteroatoms. The molecule has 0 radical (unpaired) electrons. The van der Waals surface area contributed by atoms with Gasteiger partial charge in [0.2, 0.25) is 0 Å². The first-order valence-electron chi connectivity index (χ1n) is 5.68. The summed E-state index contributed by atoms with van der Waals surface area (Å²) in [6, 6.07) is -0.653. The van der Waals surface area contributed by atoms with E-state index in [9.17, 15) is 4.79 Å². The molecule has 0 saturated heterocycles. The SMILES string of the molecule is NC(CC1CCCCCCC1)C(=O)O. The highest BCUT2D eigenvalue weighted by atomic mass is 16.4. The fourth-order valence-corrected chi connectivity index (χ4v) is 2.24. The van der Waals surface area contributed by atoms with E-state index < -0.39 is 12.0 Å². The van der Waals surface area contributed by atoms with Crippen LogP contribution in [0.25, 0.3) is 0 Å². The minimum absolute atomic E-state index is 0.543. The summed E-state index contributed by atoms with van der Waals surface area (Å²) < 4.78 is 0. The zero-order chi connectivity index (χ0) is 10.4. The van der Waals surface area contributed by atoms with Crippen molar-refractivity contribution in [1.29, 1.82) is 0 Å². The molecule has 1 atom stereocenters. The van der Waals surface area contributed by atoms with Gasteiger partial charge in [0, 0.05) is 0 Å². The molecule has 1 fully saturated rings. The Labute approximate surface area is 85.7 Å². The third kappa shape index (κ3) is 4.09. The van der Waals surface area contributed by atoms with Crippen molar-refractivity contribution in [1.82, 2.24) is 0 Å². The number of aliphatic carboxylic acids is 1. The molecule has 0 aromatic heterocycles. The fourth-order valence-electron chi connectivity index (χ4n) is 2.24. The van der Waals surface area contributed by atoms with Gasteiger partial charge in [-0.15, -0.1) is 0 Å². The van der Waals surface area contributed by atoms with Crippen LogP contribution >= 0.6 is 0 Å². The van der Waals surface area contributed by atoms with Crippen LogP contribution in [0.4, 0.5) is 0 Å². The van der Waals surface area contributed by atoms with Crippen molar-refractivity contribution in [3.63, 3.8) is 0 Å². The van der Waals surface area contributed by atoms with E-state index >= 15 is 0 Å². The van der Waals surface area contributed by atoms with Crippen molar-refractivity contribution in [3.05, 3.63) is 0 Å². The molecule has 3 N–H and O–H groups in total. The topological polar surface area (TPSA) is 63.3 Å². The number of hydrogen-bond acceptors (Lipinski definition) is 2. The van der Waals surface area contributed by atoms with Gasteiger partial charge in [0.1, 0.15) is 6.04 Å². The molecule has 0 bridgehead atoms. The Morgan fingerprint density at radius 3 is 2.21 bits per heavy atom. The lowest BCUT2D eigenvalue weighted by molar-refractivity contribution is -0.139. The normalized spacial score (nSPS) is 22.4. The van der Waals surface area contributed by atoms with Crippen LogP contribution in [0.1, 0.15) is 51.4 Å². The molecule has 1 unspecified atom stereocenters. The van der Waals surface area contributed by atoms with Gasteiger partial charge >= 0.3 is 5.97 Å². The van der Waals surface area contributed by atoms with Crippen LogP contribution in [0.5, 0.6) is 0 Å². The Bertz CT molecular complexity index is 174. The van der Waals surface area contributed by atoms with Crippen molar-refractivity contribution >= 4 is 5.97 Å². The molecule has 0 spiro atoms. The van der Waals surface area contributed by atoms with Gasteiger partial charge in [0.15, 0.2) is 0 Å². The van der Waals surface area contributed by atoms with E-state index in [4.69, 9.17) is 10.8 Å². The molecular formula is C11H21NO2. The fraction of sp³-hybridized carbons (Fsp3) is 0.909. The monoisotopic (exact) mass is 199 g/mol. The van der Waals surface area contributed by atoms with Gasteiger partial charge < -0.3 is 10.8 Å².